The first-order valence-electron chi connectivity index (χ1n) is 4.58. The Morgan fingerprint density at radius 2 is 1.79 bits per heavy atom. The average Bonchev–Trinajstić information content (AvgIpc) is 2.07. The predicted molar refractivity (Wildman–Crippen MR) is 60.0 cm³/mol. The molecule has 0 aliphatic carbocycles. The van der Waals surface area contributed by atoms with Crippen molar-refractivity contribution >= 4 is 17.4 Å². The van der Waals surface area contributed by atoms with E-state index in [0.717, 1.165) is 17.2 Å². The summed E-state index contributed by atoms with van der Waals surface area (Å²) in [6.45, 7) is 8.09. The number of rotatable bonds is 1. The topological polar surface area (TPSA) is 37.8 Å². The number of hydrogen-bond donors (Lipinski definition) is 1. The Morgan fingerprint density at radius 1 is 1.21 bits per heavy atom. The Kier molecular flexibility index (Phi) is 3.00. The molecular formula is C10H16ClN3. The van der Waals surface area contributed by atoms with Gasteiger partial charge in [-0.05, 0) is 6.92 Å². The second-order valence-electron chi connectivity index (χ2n) is 4.31. The lowest BCUT2D eigenvalue weighted by atomic mass is 9.95. The van der Waals surface area contributed by atoms with Gasteiger partial charge >= 0.3 is 0 Å². The Hall–Kier alpha value is -0.830. The molecule has 0 radical (unpaired) electrons. The zero-order valence-corrected chi connectivity index (χ0v) is 10.0. The Morgan fingerprint density at radius 3 is 2.21 bits per heavy atom. The molecule has 1 rings (SSSR count). The highest BCUT2D eigenvalue weighted by atomic mass is 35.5. The quantitative estimate of drug-likeness (QED) is 0.729. The van der Waals surface area contributed by atoms with Gasteiger partial charge in [-0.3, -0.25) is 0 Å². The van der Waals surface area contributed by atoms with Crippen LogP contribution in [0, 0.1) is 6.92 Å². The van der Waals surface area contributed by atoms with Crippen molar-refractivity contribution in [2.75, 3.05) is 12.4 Å². The van der Waals surface area contributed by atoms with E-state index in [1.54, 1.807) is 0 Å². The molecule has 0 bridgehead atoms. The molecule has 0 saturated carbocycles. The molecule has 4 heteroatoms. The molecule has 1 aromatic heterocycles. The molecule has 1 N–H and O–H groups in total. The summed E-state index contributed by atoms with van der Waals surface area (Å²) in [7, 11) is 1.83. The van der Waals surface area contributed by atoms with E-state index < -0.39 is 0 Å². The average molecular weight is 214 g/mol. The first-order valence-corrected chi connectivity index (χ1v) is 4.96. The third-order valence-electron chi connectivity index (χ3n) is 1.99. The van der Waals surface area contributed by atoms with Gasteiger partial charge in [0.25, 0.3) is 0 Å². The maximum absolute atomic E-state index is 6.01. The van der Waals surface area contributed by atoms with Gasteiger partial charge in [0.1, 0.15) is 16.8 Å². The molecule has 3 nitrogen and oxygen atoms in total. The smallest absolute Gasteiger partial charge is 0.137 e. The zero-order chi connectivity index (χ0) is 10.9. The molecule has 78 valence electrons. The van der Waals surface area contributed by atoms with Crippen LogP contribution in [-0.4, -0.2) is 17.0 Å². The third kappa shape index (κ3) is 2.15. The predicted octanol–water partition coefficient (Wildman–Crippen LogP) is 2.78. The Bertz CT molecular complexity index is 342. The summed E-state index contributed by atoms with van der Waals surface area (Å²) in [5.41, 5.74) is 0.810. The van der Waals surface area contributed by atoms with Crippen LogP contribution in [0.5, 0.6) is 0 Å². The van der Waals surface area contributed by atoms with Crippen molar-refractivity contribution in [3.8, 4) is 0 Å². The van der Waals surface area contributed by atoms with Gasteiger partial charge in [-0.1, -0.05) is 32.4 Å². The van der Waals surface area contributed by atoms with Gasteiger partial charge in [-0.15, -0.1) is 0 Å². The summed E-state index contributed by atoms with van der Waals surface area (Å²) < 4.78 is 0. The molecule has 1 aromatic rings. The summed E-state index contributed by atoms with van der Waals surface area (Å²) in [6, 6.07) is 0. The Balaban J connectivity index is 3.30. The van der Waals surface area contributed by atoms with E-state index >= 15 is 0 Å². The van der Waals surface area contributed by atoms with Crippen LogP contribution in [-0.2, 0) is 5.41 Å². The van der Waals surface area contributed by atoms with Crippen LogP contribution in [0.15, 0.2) is 0 Å². The van der Waals surface area contributed by atoms with Gasteiger partial charge in [-0.25, -0.2) is 9.97 Å². The largest absolute Gasteiger partial charge is 0.373 e. The van der Waals surface area contributed by atoms with Crippen LogP contribution in [0.25, 0.3) is 0 Å². The van der Waals surface area contributed by atoms with Crippen LogP contribution >= 0.6 is 11.6 Å². The highest BCUT2D eigenvalue weighted by Crippen LogP contribution is 2.25. The molecule has 0 spiro atoms. The Labute approximate surface area is 89.9 Å². The standard InChI is InChI=1S/C10H16ClN3/c1-6-7(11)13-9(10(2,3)4)14-8(6)12-5/h1-5H3,(H,12,13,14). The van der Waals surface area contributed by atoms with Crippen LogP contribution in [0.4, 0.5) is 5.82 Å². The lowest BCUT2D eigenvalue weighted by molar-refractivity contribution is 0.545. The van der Waals surface area contributed by atoms with E-state index in [2.05, 4.69) is 36.1 Å². The minimum Gasteiger partial charge on any atom is -0.373 e. The van der Waals surface area contributed by atoms with Crippen molar-refractivity contribution in [1.29, 1.82) is 0 Å². The molecule has 0 aromatic carbocycles. The number of hydrogen-bond acceptors (Lipinski definition) is 3. The molecule has 0 aliphatic heterocycles. The highest BCUT2D eigenvalue weighted by molar-refractivity contribution is 6.30. The molecule has 0 unspecified atom stereocenters. The molecule has 0 aliphatic rings. The minimum absolute atomic E-state index is 0.0804. The van der Waals surface area contributed by atoms with Crippen molar-refractivity contribution in [1.82, 2.24) is 9.97 Å². The number of aromatic nitrogens is 2. The summed E-state index contributed by atoms with van der Waals surface area (Å²) in [4.78, 5) is 8.68. The van der Waals surface area contributed by atoms with E-state index in [-0.39, 0.29) is 5.41 Å². The van der Waals surface area contributed by atoms with E-state index in [9.17, 15) is 0 Å². The second-order valence-corrected chi connectivity index (χ2v) is 4.67. The maximum Gasteiger partial charge on any atom is 0.137 e. The highest BCUT2D eigenvalue weighted by Gasteiger charge is 2.20. The van der Waals surface area contributed by atoms with Gasteiger partial charge in [0.2, 0.25) is 0 Å². The van der Waals surface area contributed by atoms with Crippen molar-refractivity contribution in [3.63, 3.8) is 0 Å². The van der Waals surface area contributed by atoms with Gasteiger partial charge in [0.05, 0.1) is 0 Å². The fraction of sp³-hybridized carbons (Fsp3) is 0.600. The fourth-order valence-corrected chi connectivity index (χ4v) is 1.24. The monoisotopic (exact) mass is 213 g/mol. The summed E-state index contributed by atoms with van der Waals surface area (Å²) in [6.07, 6.45) is 0. The number of nitrogens with zero attached hydrogens (tertiary/aromatic N) is 2. The fourth-order valence-electron chi connectivity index (χ4n) is 1.07. The van der Waals surface area contributed by atoms with Crippen molar-refractivity contribution < 1.29 is 0 Å². The SMILES string of the molecule is CNc1nc(C(C)(C)C)nc(Cl)c1C. The van der Waals surface area contributed by atoms with Gasteiger partial charge < -0.3 is 5.32 Å². The molecule has 0 saturated heterocycles. The van der Waals surface area contributed by atoms with Crippen molar-refractivity contribution in [2.45, 2.75) is 33.1 Å². The van der Waals surface area contributed by atoms with Gasteiger partial charge in [-0.2, -0.15) is 0 Å². The molecule has 0 amide bonds. The molecule has 0 fully saturated rings. The molecular weight excluding hydrogens is 198 g/mol. The molecule has 1 heterocycles. The van der Waals surface area contributed by atoms with E-state index in [1.165, 1.54) is 0 Å². The van der Waals surface area contributed by atoms with Crippen LogP contribution in [0.2, 0.25) is 5.15 Å². The first kappa shape index (κ1) is 11.2. The van der Waals surface area contributed by atoms with Crippen LogP contribution in [0.1, 0.15) is 32.2 Å². The zero-order valence-electron chi connectivity index (χ0n) is 9.27. The summed E-state index contributed by atoms with van der Waals surface area (Å²) >= 11 is 6.01. The minimum atomic E-state index is -0.0804. The lowest BCUT2D eigenvalue weighted by Gasteiger charge is -2.18. The van der Waals surface area contributed by atoms with E-state index in [0.29, 0.717) is 5.15 Å². The van der Waals surface area contributed by atoms with Crippen LogP contribution in [0.3, 0.4) is 0 Å². The van der Waals surface area contributed by atoms with E-state index in [4.69, 9.17) is 11.6 Å². The number of halogens is 1. The number of anilines is 1. The van der Waals surface area contributed by atoms with Crippen molar-refractivity contribution in [2.24, 2.45) is 0 Å². The maximum atomic E-state index is 6.01. The summed E-state index contributed by atoms with van der Waals surface area (Å²) in [5, 5.41) is 3.54. The third-order valence-corrected chi connectivity index (χ3v) is 2.36. The van der Waals surface area contributed by atoms with Gasteiger partial charge in [0, 0.05) is 18.0 Å². The van der Waals surface area contributed by atoms with E-state index in [1.807, 2.05) is 14.0 Å². The van der Waals surface area contributed by atoms with Crippen LogP contribution < -0.4 is 5.32 Å². The lowest BCUT2D eigenvalue weighted by Crippen LogP contribution is -2.17. The first-order chi connectivity index (χ1) is 6.36. The second kappa shape index (κ2) is 3.73. The number of nitrogens with one attached hydrogen (secondary N) is 1. The summed E-state index contributed by atoms with van der Waals surface area (Å²) in [5.74, 6) is 1.56. The van der Waals surface area contributed by atoms with Gasteiger partial charge in [0.15, 0.2) is 0 Å². The molecule has 14 heavy (non-hydrogen) atoms. The normalized spacial score (nSPS) is 11.6. The molecule has 0 atom stereocenters. The van der Waals surface area contributed by atoms with Crippen molar-refractivity contribution in [3.05, 3.63) is 16.5 Å².